The summed E-state index contributed by atoms with van der Waals surface area (Å²) in [5, 5.41) is 14.5. The van der Waals surface area contributed by atoms with Crippen LogP contribution in [0.15, 0.2) is 47.6 Å². The Morgan fingerprint density at radius 3 is 2.95 bits per heavy atom. The van der Waals surface area contributed by atoms with E-state index in [2.05, 4.69) is 15.5 Å². The molecule has 1 amide bonds. The van der Waals surface area contributed by atoms with Gasteiger partial charge in [0.1, 0.15) is 10.8 Å². The Bertz CT molecular complexity index is 843. The van der Waals surface area contributed by atoms with Gasteiger partial charge in [-0.25, -0.2) is 10.4 Å². The third-order valence-corrected chi connectivity index (χ3v) is 4.06. The summed E-state index contributed by atoms with van der Waals surface area (Å²) < 4.78 is 1.04. The topological polar surface area (TPSA) is 74.6 Å². The number of amides is 1. The summed E-state index contributed by atoms with van der Waals surface area (Å²) in [5.74, 6) is -0.700. The van der Waals surface area contributed by atoms with E-state index in [4.69, 9.17) is 11.6 Å². The fourth-order valence-corrected chi connectivity index (χ4v) is 2.85. The van der Waals surface area contributed by atoms with Crippen LogP contribution < -0.4 is 5.43 Å². The lowest BCUT2D eigenvalue weighted by Crippen LogP contribution is -2.17. The van der Waals surface area contributed by atoms with Gasteiger partial charge in [0.25, 0.3) is 5.91 Å². The second kappa shape index (κ2) is 6.13. The van der Waals surface area contributed by atoms with Crippen LogP contribution in [0, 0.1) is 0 Å². The predicted molar refractivity (Wildman–Crippen MR) is 87.8 cm³/mol. The van der Waals surface area contributed by atoms with Crippen molar-refractivity contribution in [1.82, 2.24) is 10.4 Å². The van der Waals surface area contributed by atoms with Gasteiger partial charge in [-0.3, -0.25) is 4.79 Å². The van der Waals surface area contributed by atoms with Gasteiger partial charge >= 0.3 is 0 Å². The summed E-state index contributed by atoms with van der Waals surface area (Å²) in [6, 6.07) is 11.9. The first-order chi connectivity index (χ1) is 10.6. The van der Waals surface area contributed by atoms with E-state index in [1.165, 1.54) is 35.8 Å². The van der Waals surface area contributed by atoms with E-state index < -0.39 is 5.91 Å². The van der Waals surface area contributed by atoms with Gasteiger partial charge in [-0.05, 0) is 30.3 Å². The van der Waals surface area contributed by atoms with Gasteiger partial charge in [-0.15, -0.1) is 11.3 Å². The number of aromatic nitrogens is 1. The van der Waals surface area contributed by atoms with Crippen LogP contribution in [0.5, 0.6) is 5.75 Å². The number of aromatic hydroxyl groups is 1. The van der Waals surface area contributed by atoms with Gasteiger partial charge in [-0.1, -0.05) is 23.7 Å². The maximum absolute atomic E-state index is 11.9. The van der Waals surface area contributed by atoms with Crippen LogP contribution >= 0.6 is 22.9 Å². The van der Waals surface area contributed by atoms with E-state index in [0.717, 1.165) is 10.2 Å². The normalized spacial score (nSPS) is 11.1. The molecule has 0 fully saturated rings. The molecule has 1 heterocycles. The number of carbonyl (C=O) groups excluding carboxylic acids is 1. The molecule has 0 aliphatic heterocycles. The van der Waals surface area contributed by atoms with Gasteiger partial charge < -0.3 is 5.11 Å². The Labute approximate surface area is 134 Å². The molecule has 0 atom stereocenters. The molecule has 0 spiro atoms. The fourth-order valence-electron chi connectivity index (χ4n) is 1.84. The summed E-state index contributed by atoms with van der Waals surface area (Å²) in [5.41, 5.74) is 3.28. The lowest BCUT2D eigenvalue weighted by Gasteiger charge is -2.02. The summed E-state index contributed by atoms with van der Waals surface area (Å²) in [4.78, 5) is 16.3. The number of para-hydroxylation sites is 1. The average molecular weight is 332 g/mol. The number of fused-ring (bicyclic) bond motifs is 1. The van der Waals surface area contributed by atoms with Crippen molar-refractivity contribution in [3.63, 3.8) is 0 Å². The fraction of sp³-hybridized carbons (Fsp3) is 0. The molecule has 22 heavy (non-hydrogen) atoms. The van der Waals surface area contributed by atoms with Crippen LogP contribution in [0.2, 0.25) is 5.02 Å². The SMILES string of the molecule is O=C(N/N=C/c1nc2ccccc2s1)c1cc(Cl)ccc1O. The standard InChI is InChI=1S/C15H10ClN3O2S/c16-9-5-6-12(20)10(7-9)15(21)19-17-8-14-18-11-3-1-2-4-13(11)22-14/h1-8,20H,(H,19,21)/b17-8+. The van der Waals surface area contributed by atoms with Gasteiger partial charge in [0.15, 0.2) is 0 Å². The zero-order valence-corrected chi connectivity index (χ0v) is 12.7. The molecule has 1 aromatic heterocycles. The maximum atomic E-state index is 11.9. The summed E-state index contributed by atoms with van der Waals surface area (Å²) in [7, 11) is 0. The molecule has 2 N–H and O–H groups in total. The van der Waals surface area contributed by atoms with Crippen molar-refractivity contribution in [3.05, 3.63) is 58.1 Å². The first-order valence-corrected chi connectivity index (χ1v) is 7.50. The van der Waals surface area contributed by atoms with Gasteiger partial charge in [-0.2, -0.15) is 5.10 Å². The first-order valence-electron chi connectivity index (χ1n) is 6.31. The highest BCUT2D eigenvalue weighted by Crippen LogP contribution is 2.21. The number of nitrogens with zero attached hydrogens (tertiary/aromatic N) is 2. The number of hydrazone groups is 1. The number of benzene rings is 2. The van der Waals surface area contributed by atoms with Crippen LogP contribution in [0.1, 0.15) is 15.4 Å². The highest BCUT2D eigenvalue weighted by atomic mass is 35.5. The average Bonchev–Trinajstić information content (AvgIpc) is 2.92. The minimum Gasteiger partial charge on any atom is -0.507 e. The van der Waals surface area contributed by atoms with Crippen molar-refractivity contribution < 1.29 is 9.90 Å². The lowest BCUT2D eigenvalue weighted by atomic mass is 10.2. The largest absolute Gasteiger partial charge is 0.507 e. The van der Waals surface area contributed by atoms with Gasteiger partial charge in [0.2, 0.25) is 0 Å². The monoisotopic (exact) mass is 331 g/mol. The molecule has 0 saturated carbocycles. The maximum Gasteiger partial charge on any atom is 0.275 e. The van der Waals surface area contributed by atoms with Crippen LogP contribution in [0.25, 0.3) is 10.2 Å². The molecule has 3 rings (SSSR count). The molecule has 0 radical (unpaired) electrons. The molecule has 0 saturated heterocycles. The molecule has 0 aliphatic carbocycles. The van der Waals surface area contributed by atoms with Crippen molar-refractivity contribution in [3.8, 4) is 5.75 Å². The van der Waals surface area contributed by atoms with Crippen molar-refractivity contribution >= 4 is 45.3 Å². The van der Waals surface area contributed by atoms with Crippen LogP contribution in [-0.2, 0) is 0 Å². The van der Waals surface area contributed by atoms with Crippen LogP contribution in [-0.4, -0.2) is 22.2 Å². The Morgan fingerprint density at radius 2 is 2.14 bits per heavy atom. The van der Waals surface area contributed by atoms with Crippen molar-refractivity contribution in [2.45, 2.75) is 0 Å². The number of carbonyl (C=O) groups is 1. The van der Waals surface area contributed by atoms with E-state index in [-0.39, 0.29) is 11.3 Å². The van der Waals surface area contributed by atoms with E-state index in [1.807, 2.05) is 24.3 Å². The molecule has 0 unspecified atom stereocenters. The van der Waals surface area contributed by atoms with E-state index in [9.17, 15) is 9.90 Å². The molecule has 7 heteroatoms. The Kier molecular flexibility index (Phi) is 4.04. The van der Waals surface area contributed by atoms with E-state index in [1.54, 1.807) is 0 Å². The number of phenolic OH excluding ortho intramolecular Hbond substituents is 1. The second-order valence-electron chi connectivity index (χ2n) is 4.38. The first kappa shape index (κ1) is 14.5. The summed E-state index contributed by atoms with van der Waals surface area (Å²) >= 11 is 7.27. The summed E-state index contributed by atoms with van der Waals surface area (Å²) in [6.45, 7) is 0. The van der Waals surface area contributed by atoms with Gasteiger partial charge in [0, 0.05) is 5.02 Å². The van der Waals surface area contributed by atoms with E-state index >= 15 is 0 Å². The van der Waals surface area contributed by atoms with Crippen LogP contribution in [0.4, 0.5) is 0 Å². The zero-order valence-electron chi connectivity index (χ0n) is 11.2. The number of hydrogen-bond acceptors (Lipinski definition) is 5. The zero-order chi connectivity index (χ0) is 15.5. The van der Waals surface area contributed by atoms with Crippen LogP contribution in [0.3, 0.4) is 0 Å². The Balaban J connectivity index is 1.73. The minimum atomic E-state index is -0.544. The number of rotatable bonds is 3. The second-order valence-corrected chi connectivity index (χ2v) is 5.88. The smallest absolute Gasteiger partial charge is 0.275 e. The van der Waals surface area contributed by atoms with Crippen molar-refractivity contribution in [1.29, 1.82) is 0 Å². The molecule has 3 aromatic rings. The van der Waals surface area contributed by atoms with Gasteiger partial charge in [0.05, 0.1) is 22.0 Å². The predicted octanol–water partition coefficient (Wildman–Crippen LogP) is 3.42. The molecule has 2 aromatic carbocycles. The lowest BCUT2D eigenvalue weighted by molar-refractivity contribution is 0.0952. The third-order valence-electron chi connectivity index (χ3n) is 2.85. The molecular weight excluding hydrogens is 322 g/mol. The number of halogens is 1. The molecule has 0 bridgehead atoms. The number of thiazole rings is 1. The van der Waals surface area contributed by atoms with Crippen molar-refractivity contribution in [2.75, 3.05) is 0 Å². The minimum absolute atomic E-state index is 0.0638. The molecule has 0 aliphatic rings. The Hall–Kier alpha value is -2.44. The molecular formula is C15H10ClN3O2S. The number of phenols is 1. The number of nitrogens with one attached hydrogen (secondary N) is 1. The Morgan fingerprint density at radius 1 is 1.32 bits per heavy atom. The highest BCUT2D eigenvalue weighted by Gasteiger charge is 2.10. The quantitative estimate of drug-likeness (QED) is 0.570. The molecule has 110 valence electrons. The molecule has 5 nitrogen and oxygen atoms in total. The number of hydrogen-bond donors (Lipinski definition) is 2. The third kappa shape index (κ3) is 3.08. The van der Waals surface area contributed by atoms with E-state index in [0.29, 0.717) is 10.0 Å². The van der Waals surface area contributed by atoms with Crippen molar-refractivity contribution in [2.24, 2.45) is 5.10 Å². The summed E-state index contributed by atoms with van der Waals surface area (Å²) in [6.07, 6.45) is 1.46. The highest BCUT2D eigenvalue weighted by molar-refractivity contribution is 7.20.